The van der Waals surface area contributed by atoms with Crippen LogP contribution < -0.4 is 10.6 Å². The van der Waals surface area contributed by atoms with E-state index in [0.29, 0.717) is 5.92 Å². The molecule has 0 radical (unpaired) electrons. The minimum atomic E-state index is -1.04. The Labute approximate surface area is 106 Å². The van der Waals surface area contributed by atoms with E-state index in [1.807, 2.05) is 0 Å². The molecule has 102 valence electrons. The molecule has 3 N–H and O–H groups in total. The van der Waals surface area contributed by atoms with Crippen molar-refractivity contribution in [1.82, 2.24) is 10.6 Å². The Morgan fingerprint density at radius 2 is 2.00 bits per heavy atom. The predicted molar refractivity (Wildman–Crippen MR) is 64.2 cm³/mol. The van der Waals surface area contributed by atoms with Crippen molar-refractivity contribution in [3.8, 4) is 0 Å². The first-order valence-corrected chi connectivity index (χ1v) is 6.30. The van der Waals surface area contributed by atoms with E-state index >= 15 is 0 Å². The van der Waals surface area contributed by atoms with Gasteiger partial charge in [0.2, 0.25) is 0 Å². The van der Waals surface area contributed by atoms with E-state index in [4.69, 9.17) is 4.74 Å². The van der Waals surface area contributed by atoms with Gasteiger partial charge >= 0.3 is 12.0 Å². The molecule has 6 nitrogen and oxygen atoms in total. The third-order valence-corrected chi connectivity index (χ3v) is 3.96. The lowest BCUT2D eigenvalue weighted by atomic mass is 9.82. The quantitative estimate of drug-likeness (QED) is 0.689. The van der Waals surface area contributed by atoms with Crippen LogP contribution in [0.4, 0.5) is 4.79 Å². The summed E-state index contributed by atoms with van der Waals surface area (Å²) in [5.41, 5.74) is -1.04. The summed E-state index contributed by atoms with van der Waals surface area (Å²) in [6.45, 7) is 4.12. The fraction of sp³-hybridized carbons (Fsp3) is 0.833. The molecule has 0 aromatic carbocycles. The number of carbonyl (C=O) groups excluding carboxylic acids is 1. The normalized spacial score (nSPS) is 38.9. The molecule has 1 aliphatic carbocycles. The van der Waals surface area contributed by atoms with Crippen LogP contribution in [0, 0.1) is 11.3 Å². The number of hydrogen-bond acceptors (Lipinski definition) is 3. The van der Waals surface area contributed by atoms with Gasteiger partial charge in [-0.1, -0.05) is 6.92 Å². The molecule has 2 atom stereocenters. The highest BCUT2D eigenvalue weighted by molar-refractivity contribution is 5.79. The van der Waals surface area contributed by atoms with Gasteiger partial charge in [0, 0.05) is 6.04 Å². The van der Waals surface area contributed by atoms with Crippen molar-refractivity contribution in [1.29, 1.82) is 0 Å². The molecule has 1 saturated heterocycles. The lowest BCUT2D eigenvalue weighted by Gasteiger charge is -2.34. The lowest BCUT2D eigenvalue weighted by Crippen LogP contribution is -2.55. The maximum atomic E-state index is 11.7. The van der Waals surface area contributed by atoms with Gasteiger partial charge in [-0.15, -0.1) is 0 Å². The molecule has 1 aliphatic heterocycles. The smallest absolute Gasteiger partial charge is 0.315 e. The number of amides is 2. The third-order valence-electron chi connectivity index (χ3n) is 3.96. The average Bonchev–Trinajstić information content (AvgIpc) is 2.59. The molecule has 2 unspecified atom stereocenters. The molecule has 2 fully saturated rings. The van der Waals surface area contributed by atoms with Gasteiger partial charge < -0.3 is 20.5 Å². The summed E-state index contributed by atoms with van der Waals surface area (Å²) < 4.78 is 5.17. The van der Waals surface area contributed by atoms with Crippen LogP contribution in [-0.2, 0) is 9.53 Å². The van der Waals surface area contributed by atoms with E-state index in [1.54, 1.807) is 6.92 Å². The minimum absolute atomic E-state index is 0.133. The van der Waals surface area contributed by atoms with Crippen LogP contribution >= 0.6 is 0 Å². The fourth-order valence-electron chi connectivity index (χ4n) is 2.49. The lowest BCUT2D eigenvalue weighted by molar-refractivity contribution is -0.148. The summed E-state index contributed by atoms with van der Waals surface area (Å²) in [5, 5.41) is 14.7. The van der Waals surface area contributed by atoms with Crippen molar-refractivity contribution < 1.29 is 19.4 Å². The molecule has 0 bridgehead atoms. The van der Waals surface area contributed by atoms with Crippen molar-refractivity contribution in [3.63, 3.8) is 0 Å². The van der Waals surface area contributed by atoms with Gasteiger partial charge in [0.05, 0.1) is 19.3 Å². The van der Waals surface area contributed by atoms with Crippen LogP contribution in [0.5, 0.6) is 0 Å². The van der Waals surface area contributed by atoms with Crippen LogP contribution in [-0.4, -0.2) is 42.4 Å². The fourth-order valence-corrected chi connectivity index (χ4v) is 2.49. The summed E-state index contributed by atoms with van der Waals surface area (Å²) in [4.78, 5) is 22.9. The number of urea groups is 1. The zero-order chi connectivity index (χ0) is 13.3. The summed E-state index contributed by atoms with van der Waals surface area (Å²) in [5.74, 6) is -0.281. The number of hydrogen-bond donors (Lipinski definition) is 3. The molecule has 2 rings (SSSR count). The van der Waals surface area contributed by atoms with Gasteiger partial charge in [-0.25, -0.2) is 4.79 Å². The summed E-state index contributed by atoms with van der Waals surface area (Å²) >= 11 is 0. The Morgan fingerprint density at radius 3 is 2.56 bits per heavy atom. The van der Waals surface area contributed by atoms with Crippen LogP contribution in [0.3, 0.4) is 0 Å². The van der Waals surface area contributed by atoms with E-state index in [2.05, 4.69) is 17.6 Å². The van der Waals surface area contributed by atoms with Crippen molar-refractivity contribution >= 4 is 12.0 Å². The van der Waals surface area contributed by atoms with Crippen LogP contribution in [0.1, 0.15) is 26.7 Å². The van der Waals surface area contributed by atoms with Crippen molar-refractivity contribution in [2.24, 2.45) is 11.3 Å². The van der Waals surface area contributed by atoms with Gasteiger partial charge in [-0.05, 0) is 25.7 Å². The highest BCUT2D eigenvalue weighted by atomic mass is 16.5. The SMILES string of the molecule is CC1CC(NC(=O)NC2COCC2(C)C(=O)O)C1. The molecule has 18 heavy (non-hydrogen) atoms. The molecule has 0 aromatic rings. The van der Waals surface area contributed by atoms with Gasteiger partial charge in [0.15, 0.2) is 0 Å². The van der Waals surface area contributed by atoms with E-state index in [-0.39, 0.29) is 25.3 Å². The number of carboxylic acid groups (broad SMARTS) is 1. The molecular weight excluding hydrogens is 236 g/mol. The molecule has 1 saturated carbocycles. The first-order chi connectivity index (χ1) is 8.41. The number of carbonyl (C=O) groups is 2. The topological polar surface area (TPSA) is 87.7 Å². The Bertz CT molecular complexity index is 354. The Kier molecular flexibility index (Phi) is 3.47. The standard InChI is InChI=1S/C12H20N2O4/c1-7-3-8(4-7)13-11(17)14-9-5-18-6-12(9,2)10(15)16/h7-9H,3-6H2,1-2H3,(H,15,16)(H2,13,14,17). The highest BCUT2D eigenvalue weighted by Gasteiger charge is 2.47. The Hall–Kier alpha value is -1.30. The maximum Gasteiger partial charge on any atom is 0.315 e. The van der Waals surface area contributed by atoms with E-state index in [0.717, 1.165) is 12.8 Å². The Morgan fingerprint density at radius 1 is 1.33 bits per heavy atom. The number of rotatable bonds is 3. The molecular formula is C12H20N2O4. The first-order valence-electron chi connectivity index (χ1n) is 6.30. The number of nitrogens with one attached hydrogen (secondary N) is 2. The summed E-state index contributed by atoms with van der Waals surface area (Å²) in [6.07, 6.45) is 1.98. The van der Waals surface area contributed by atoms with Crippen LogP contribution in [0.15, 0.2) is 0 Å². The monoisotopic (exact) mass is 256 g/mol. The van der Waals surface area contributed by atoms with Crippen molar-refractivity contribution in [2.45, 2.75) is 38.8 Å². The molecule has 2 aliphatic rings. The first kappa shape index (κ1) is 13.1. The molecule has 0 aromatic heterocycles. The van der Waals surface area contributed by atoms with Crippen molar-refractivity contribution in [2.75, 3.05) is 13.2 Å². The zero-order valence-electron chi connectivity index (χ0n) is 10.7. The predicted octanol–water partition coefficient (Wildman–Crippen LogP) is 0.574. The largest absolute Gasteiger partial charge is 0.481 e. The number of ether oxygens (including phenoxy) is 1. The zero-order valence-corrected chi connectivity index (χ0v) is 10.7. The number of carboxylic acids is 1. The average molecular weight is 256 g/mol. The second-order valence-electron chi connectivity index (χ2n) is 5.68. The second-order valence-corrected chi connectivity index (χ2v) is 5.68. The Balaban J connectivity index is 1.85. The van der Waals surface area contributed by atoms with E-state index in [9.17, 15) is 14.7 Å². The summed E-state index contributed by atoms with van der Waals surface area (Å²) in [6, 6.07) is -0.555. The van der Waals surface area contributed by atoms with Gasteiger partial charge in [-0.2, -0.15) is 0 Å². The third kappa shape index (κ3) is 2.43. The molecule has 6 heteroatoms. The molecule has 1 heterocycles. The maximum absolute atomic E-state index is 11.7. The van der Waals surface area contributed by atoms with Crippen LogP contribution in [0.2, 0.25) is 0 Å². The van der Waals surface area contributed by atoms with Gasteiger partial charge in [0.1, 0.15) is 5.41 Å². The van der Waals surface area contributed by atoms with Gasteiger partial charge in [0.25, 0.3) is 0 Å². The van der Waals surface area contributed by atoms with E-state index < -0.39 is 17.4 Å². The molecule has 0 spiro atoms. The minimum Gasteiger partial charge on any atom is -0.481 e. The highest BCUT2D eigenvalue weighted by Crippen LogP contribution is 2.29. The van der Waals surface area contributed by atoms with Gasteiger partial charge in [-0.3, -0.25) is 4.79 Å². The van der Waals surface area contributed by atoms with E-state index in [1.165, 1.54) is 0 Å². The van der Waals surface area contributed by atoms with Crippen LogP contribution in [0.25, 0.3) is 0 Å². The summed E-state index contributed by atoms with van der Waals surface area (Å²) in [7, 11) is 0. The second kappa shape index (κ2) is 4.76. The molecule has 2 amide bonds. The number of aliphatic carboxylic acids is 1. The van der Waals surface area contributed by atoms with Crippen molar-refractivity contribution in [3.05, 3.63) is 0 Å².